The first-order valence-corrected chi connectivity index (χ1v) is 6.35. The molecule has 0 bridgehead atoms. The predicted molar refractivity (Wildman–Crippen MR) is 66.4 cm³/mol. The average Bonchev–Trinajstić information content (AvgIpc) is 2.40. The maximum atomic E-state index is 8.72. The van der Waals surface area contributed by atoms with E-state index in [4.69, 9.17) is 5.26 Å². The summed E-state index contributed by atoms with van der Waals surface area (Å²) in [4.78, 5) is 8.19. The fourth-order valence-electron chi connectivity index (χ4n) is 2.37. The number of nitrogens with zero attached hydrogens (tertiary/aromatic N) is 3. The number of aromatic nitrogens is 2. The Morgan fingerprint density at radius 1 is 1.35 bits per heavy atom. The quantitative estimate of drug-likeness (QED) is 0.863. The average molecular weight is 230 g/mol. The molecule has 0 saturated heterocycles. The van der Waals surface area contributed by atoms with Crippen molar-refractivity contribution in [3.8, 4) is 6.07 Å². The molecule has 0 aliphatic heterocycles. The zero-order valence-electron chi connectivity index (χ0n) is 10.0. The molecule has 4 nitrogen and oxygen atoms in total. The summed E-state index contributed by atoms with van der Waals surface area (Å²) in [6.07, 6.45) is 9.68. The highest BCUT2D eigenvalue weighted by Gasteiger charge is 2.12. The van der Waals surface area contributed by atoms with Crippen LogP contribution in [0.15, 0.2) is 12.3 Å². The van der Waals surface area contributed by atoms with Gasteiger partial charge in [0.25, 0.3) is 0 Å². The fraction of sp³-hybridized carbons (Fsp3) is 0.615. The van der Waals surface area contributed by atoms with E-state index in [9.17, 15) is 0 Å². The van der Waals surface area contributed by atoms with Crippen LogP contribution in [-0.2, 0) is 0 Å². The maximum absolute atomic E-state index is 8.72. The number of hydrogen-bond donors (Lipinski definition) is 1. The van der Waals surface area contributed by atoms with Gasteiger partial charge in [-0.1, -0.05) is 32.1 Å². The standard InChI is InChI=1S/C13H18N4/c14-10-12-7-9-16-13(17-12)15-8-6-11-4-2-1-3-5-11/h7,9,11H,1-6,8H2,(H,15,16,17). The van der Waals surface area contributed by atoms with Gasteiger partial charge in [0.15, 0.2) is 0 Å². The van der Waals surface area contributed by atoms with Gasteiger partial charge in [-0.2, -0.15) is 5.26 Å². The predicted octanol–water partition coefficient (Wildman–Crippen LogP) is 2.73. The monoisotopic (exact) mass is 230 g/mol. The molecule has 90 valence electrons. The normalized spacial score (nSPS) is 16.4. The molecule has 0 radical (unpaired) electrons. The van der Waals surface area contributed by atoms with Gasteiger partial charge >= 0.3 is 0 Å². The molecule has 1 heterocycles. The van der Waals surface area contributed by atoms with Crippen molar-refractivity contribution in [2.75, 3.05) is 11.9 Å². The van der Waals surface area contributed by atoms with E-state index in [1.807, 2.05) is 6.07 Å². The van der Waals surface area contributed by atoms with Crippen molar-refractivity contribution < 1.29 is 0 Å². The van der Waals surface area contributed by atoms with Crippen LogP contribution in [0.2, 0.25) is 0 Å². The van der Waals surface area contributed by atoms with Gasteiger partial charge in [-0.3, -0.25) is 0 Å². The molecule has 4 heteroatoms. The van der Waals surface area contributed by atoms with Crippen LogP contribution in [0.4, 0.5) is 5.95 Å². The van der Waals surface area contributed by atoms with Gasteiger partial charge < -0.3 is 5.32 Å². The highest BCUT2D eigenvalue weighted by Crippen LogP contribution is 2.25. The number of nitrogens with one attached hydrogen (secondary N) is 1. The first-order chi connectivity index (χ1) is 8.38. The first kappa shape index (κ1) is 11.8. The third kappa shape index (κ3) is 3.70. The van der Waals surface area contributed by atoms with E-state index < -0.39 is 0 Å². The van der Waals surface area contributed by atoms with E-state index in [1.165, 1.54) is 38.5 Å². The van der Waals surface area contributed by atoms with Gasteiger partial charge in [-0.25, -0.2) is 9.97 Å². The Bertz CT molecular complexity index is 391. The zero-order valence-corrected chi connectivity index (χ0v) is 10.0. The van der Waals surface area contributed by atoms with E-state index in [1.54, 1.807) is 12.3 Å². The maximum Gasteiger partial charge on any atom is 0.223 e. The highest BCUT2D eigenvalue weighted by atomic mass is 15.1. The SMILES string of the molecule is N#Cc1ccnc(NCCC2CCCCC2)n1. The van der Waals surface area contributed by atoms with E-state index >= 15 is 0 Å². The number of nitriles is 1. The Kier molecular flexibility index (Phi) is 4.31. The van der Waals surface area contributed by atoms with Crippen LogP contribution in [0.1, 0.15) is 44.2 Å². The van der Waals surface area contributed by atoms with Crippen LogP contribution < -0.4 is 5.32 Å². The summed E-state index contributed by atoms with van der Waals surface area (Å²) in [6.45, 7) is 0.902. The van der Waals surface area contributed by atoms with Gasteiger partial charge in [-0.15, -0.1) is 0 Å². The van der Waals surface area contributed by atoms with Crippen molar-refractivity contribution in [1.82, 2.24) is 9.97 Å². The van der Waals surface area contributed by atoms with E-state index in [-0.39, 0.29) is 0 Å². The molecular formula is C13H18N4. The van der Waals surface area contributed by atoms with Crippen LogP contribution >= 0.6 is 0 Å². The van der Waals surface area contributed by atoms with Crippen molar-refractivity contribution in [2.45, 2.75) is 38.5 Å². The summed E-state index contributed by atoms with van der Waals surface area (Å²) in [5.41, 5.74) is 0.417. The Morgan fingerprint density at radius 3 is 2.94 bits per heavy atom. The second-order valence-corrected chi connectivity index (χ2v) is 4.60. The molecule has 1 aliphatic rings. The van der Waals surface area contributed by atoms with Crippen molar-refractivity contribution >= 4 is 5.95 Å². The lowest BCUT2D eigenvalue weighted by molar-refractivity contribution is 0.345. The summed E-state index contributed by atoms with van der Waals surface area (Å²) in [5, 5.41) is 11.9. The molecule has 17 heavy (non-hydrogen) atoms. The molecule has 1 aromatic heterocycles. The minimum Gasteiger partial charge on any atom is -0.354 e. The highest BCUT2D eigenvalue weighted by molar-refractivity contribution is 5.29. The minimum atomic E-state index is 0.417. The molecule has 1 fully saturated rings. The molecule has 0 amide bonds. The number of rotatable bonds is 4. The third-order valence-electron chi connectivity index (χ3n) is 3.33. The Balaban J connectivity index is 1.75. The van der Waals surface area contributed by atoms with E-state index in [2.05, 4.69) is 15.3 Å². The van der Waals surface area contributed by atoms with Crippen molar-refractivity contribution in [1.29, 1.82) is 5.26 Å². The van der Waals surface area contributed by atoms with Gasteiger partial charge in [0, 0.05) is 12.7 Å². The summed E-state index contributed by atoms with van der Waals surface area (Å²) in [7, 11) is 0. The zero-order chi connectivity index (χ0) is 11.9. The van der Waals surface area contributed by atoms with Crippen LogP contribution in [0.25, 0.3) is 0 Å². The lowest BCUT2D eigenvalue weighted by Gasteiger charge is -2.21. The molecule has 0 spiro atoms. The lowest BCUT2D eigenvalue weighted by Crippen LogP contribution is -2.13. The van der Waals surface area contributed by atoms with Crippen molar-refractivity contribution in [2.24, 2.45) is 5.92 Å². The van der Waals surface area contributed by atoms with Crippen LogP contribution in [0.3, 0.4) is 0 Å². The second kappa shape index (κ2) is 6.19. The van der Waals surface area contributed by atoms with Crippen molar-refractivity contribution in [3.63, 3.8) is 0 Å². The van der Waals surface area contributed by atoms with Gasteiger partial charge in [-0.05, 0) is 18.4 Å². The Hall–Kier alpha value is -1.63. The second-order valence-electron chi connectivity index (χ2n) is 4.60. The minimum absolute atomic E-state index is 0.417. The number of anilines is 1. The molecule has 1 aromatic rings. The molecule has 0 atom stereocenters. The smallest absolute Gasteiger partial charge is 0.223 e. The molecule has 2 rings (SSSR count). The first-order valence-electron chi connectivity index (χ1n) is 6.35. The number of hydrogen-bond acceptors (Lipinski definition) is 4. The van der Waals surface area contributed by atoms with Crippen molar-refractivity contribution in [3.05, 3.63) is 18.0 Å². The summed E-state index contributed by atoms with van der Waals surface area (Å²) >= 11 is 0. The molecule has 1 saturated carbocycles. The lowest BCUT2D eigenvalue weighted by atomic mass is 9.87. The fourth-order valence-corrected chi connectivity index (χ4v) is 2.37. The third-order valence-corrected chi connectivity index (χ3v) is 3.33. The largest absolute Gasteiger partial charge is 0.354 e. The molecule has 1 N–H and O–H groups in total. The van der Waals surface area contributed by atoms with Gasteiger partial charge in [0.2, 0.25) is 5.95 Å². The van der Waals surface area contributed by atoms with E-state index in [0.717, 1.165) is 12.5 Å². The molecule has 0 aromatic carbocycles. The summed E-state index contributed by atoms with van der Waals surface area (Å²) < 4.78 is 0. The molecule has 0 unspecified atom stereocenters. The van der Waals surface area contributed by atoms with Crippen LogP contribution in [0.5, 0.6) is 0 Å². The summed E-state index contributed by atoms with van der Waals surface area (Å²) in [5.74, 6) is 1.43. The molecule has 1 aliphatic carbocycles. The topological polar surface area (TPSA) is 61.6 Å². The van der Waals surface area contributed by atoms with Crippen LogP contribution in [-0.4, -0.2) is 16.5 Å². The van der Waals surface area contributed by atoms with E-state index in [0.29, 0.717) is 11.6 Å². The van der Waals surface area contributed by atoms with Crippen LogP contribution in [0, 0.1) is 17.2 Å². The van der Waals surface area contributed by atoms with Gasteiger partial charge in [0.1, 0.15) is 11.8 Å². The summed E-state index contributed by atoms with van der Waals surface area (Å²) in [6, 6.07) is 3.63. The van der Waals surface area contributed by atoms with Gasteiger partial charge in [0.05, 0.1) is 0 Å². The Labute approximate surface area is 102 Å². The molecular weight excluding hydrogens is 212 g/mol. The Morgan fingerprint density at radius 2 is 2.18 bits per heavy atom.